The number of rotatable bonds is 6. The summed E-state index contributed by atoms with van der Waals surface area (Å²) < 4.78 is 0.960. The van der Waals surface area contributed by atoms with Crippen LogP contribution in [-0.2, 0) is 16.0 Å². The van der Waals surface area contributed by atoms with Crippen LogP contribution in [0.4, 0.5) is 0 Å². The van der Waals surface area contributed by atoms with Gasteiger partial charge in [-0.2, -0.15) is 0 Å². The van der Waals surface area contributed by atoms with Crippen LogP contribution in [0.25, 0.3) is 0 Å². The predicted molar refractivity (Wildman–Crippen MR) is 76.9 cm³/mol. The van der Waals surface area contributed by atoms with Gasteiger partial charge in [0.25, 0.3) is 0 Å². The Morgan fingerprint density at radius 3 is 2.47 bits per heavy atom. The lowest BCUT2D eigenvalue weighted by atomic mass is 10.0. The maximum atomic E-state index is 11.8. The molecule has 0 heterocycles. The number of aryl methyl sites for hydroxylation is 1. The predicted octanol–water partition coefficient (Wildman–Crippen LogP) is 2.61. The molecule has 1 atom stereocenters. The van der Waals surface area contributed by atoms with E-state index >= 15 is 0 Å². The summed E-state index contributed by atoms with van der Waals surface area (Å²) in [6.07, 6.45) is 0.858. The number of halogens is 1. The second-order valence-corrected chi connectivity index (χ2v) is 5.57. The number of carboxylic acid groups (broad SMARTS) is 1. The Balaban J connectivity index is 2.52. The van der Waals surface area contributed by atoms with Gasteiger partial charge in [-0.3, -0.25) is 4.79 Å². The van der Waals surface area contributed by atoms with Crippen LogP contribution in [0.5, 0.6) is 0 Å². The second-order valence-electron chi connectivity index (χ2n) is 4.72. The third-order valence-corrected chi connectivity index (χ3v) is 3.60. The van der Waals surface area contributed by atoms with Gasteiger partial charge >= 0.3 is 5.97 Å². The molecule has 0 aromatic heterocycles. The van der Waals surface area contributed by atoms with E-state index in [9.17, 15) is 9.59 Å². The SMILES string of the molecule is CC(C)[C@@H](NC(=O)CCc1ccccc1Br)C(=O)O. The summed E-state index contributed by atoms with van der Waals surface area (Å²) in [6.45, 7) is 3.54. The van der Waals surface area contributed by atoms with Crippen molar-refractivity contribution < 1.29 is 14.7 Å². The summed E-state index contributed by atoms with van der Waals surface area (Å²) in [6, 6.07) is 6.85. The number of nitrogens with one attached hydrogen (secondary N) is 1. The molecule has 104 valence electrons. The molecule has 1 rings (SSSR count). The Bertz CT molecular complexity index is 460. The van der Waals surface area contributed by atoms with Crippen molar-refractivity contribution in [3.8, 4) is 0 Å². The van der Waals surface area contributed by atoms with Gasteiger partial charge in [-0.05, 0) is 24.0 Å². The first-order valence-electron chi connectivity index (χ1n) is 6.17. The smallest absolute Gasteiger partial charge is 0.326 e. The molecule has 4 nitrogen and oxygen atoms in total. The summed E-state index contributed by atoms with van der Waals surface area (Å²) in [5, 5.41) is 11.6. The molecule has 0 saturated carbocycles. The van der Waals surface area contributed by atoms with E-state index in [2.05, 4.69) is 21.2 Å². The van der Waals surface area contributed by atoms with Gasteiger partial charge < -0.3 is 10.4 Å². The molecule has 0 bridgehead atoms. The van der Waals surface area contributed by atoms with Crippen LogP contribution < -0.4 is 5.32 Å². The topological polar surface area (TPSA) is 66.4 Å². The minimum absolute atomic E-state index is 0.134. The van der Waals surface area contributed by atoms with Crippen LogP contribution in [0, 0.1) is 5.92 Å². The molecule has 1 aromatic carbocycles. The second kappa shape index (κ2) is 7.28. The van der Waals surface area contributed by atoms with Crippen LogP contribution in [0.1, 0.15) is 25.8 Å². The van der Waals surface area contributed by atoms with Crippen LogP contribution in [-0.4, -0.2) is 23.0 Å². The summed E-state index contributed by atoms with van der Waals surface area (Å²) >= 11 is 3.42. The summed E-state index contributed by atoms with van der Waals surface area (Å²) in [5.41, 5.74) is 1.04. The van der Waals surface area contributed by atoms with Crippen LogP contribution in [0.15, 0.2) is 28.7 Å². The zero-order chi connectivity index (χ0) is 14.4. The number of aliphatic carboxylic acids is 1. The molecule has 19 heavy (non-hydrogen) atoms. The van der Waals surface area contributed by atoms with Gasteiger partial charge in [-0.15, -0.1) is 0 Å². The maximum Gasteiger partial charge on any atom is 0.326 e. The lowest BCUT2D eigenvalue weighted by molar-refractivity contribution is -0.143. The normalized spacial score (nSPS) is 12.2. The van der Waals surface area contributed by atoms with Gasteiger partial charge in [0.2, 0.25) is 5.91 Å². The Kier molecular flexibility index (Phi) is 6.02. The quantitative estimate of drug-likeness (QED) is 0.844. The summed E-state index contributed by atoms with van der Waals surface area (Å²) in [4.78, 5) is 22.7. The first-order valence-corrected chi connectivity index (χ1v) is 6.96. The molecule has 0 aliphatic rings. The number of carbonyl (C=O) groups excluding carboxylic acids is 1. The zero-order valence-electron chi connectivity index (χ0n) is 11.0. The lowest BCUT2D eigenvalue weighted by Crippen LogP contribution is -2.44. The highest BCUT2D eigenvalue weighted by Crippen LogP contribution is 2.17. The molecule has 2 N–H and O–H groups in total. The van der Waals surface area contributed by atoms with E-state index in [1.165, 1.54) is 0 Å². The van der Waals surface area contributed by atoms with Crippen molar-refractivity contribution in [2.24, 2.45) is 5.92 Å². The van der Waals surface area contributed by atoms with Crippen LogP contribution in [0.3, 0.4) is 0 Å². The Labute approximate surface area is 121 Å². The van der Waals surface area contributed by atoms with Gasteiger partial charge in [0.1, 0.15) is 6.04 Å². The largest absolute Gasteiger partial charge is 0.480 e. The molecule has 0 spiro atoms. The molecule has 0 unspecified atom stereocenters. The maximum absolute atomic E-state index is 11.8. The molecule has 5 heteroatoms. The Morgan fingerprint density at radius 1 is 1.32 bits per heavy atom. The van der Waals surface area contributed by atoms with Gasteiger partial charge in [0.05, 0.1) is 0 Å². The van der Waals surface area contributed by atoms with E-state index in [0.717, 1.165) is 10.0 Å². The fraction of sp³-hybridized carbons (Fsp3) is 0.429. The van der Waals surface area contributed by atoms with Crippen molar-refractivity contribution in [3.63, 3.8) is 0 Å². The molecule has 0 fully saturated rings. The molecule has 0 saturated heterocycles. The molecule has 1 aromatic rings. The van der Waals surface area contributed by atoms with Gasteiger partial charge in [-0.1, -0.05) is 48.0 Å². The zero-order valence-corrected chi connectivity index (χ0v) is 12.6. The molecule has 1 amide bonds. The minimum Gasteiger partial charge on any atom is -0.480 e. The van der Waals surface area contributed by atoms with Gasteiger partial charge in [0, 0.05) is 10.9 Å². The highest BCUT2D eigenvalue weighted by molar-refractivity contribution is 9.10. The van der Waals surface area contributed by atoms with Crippen LogP contribution >= 0.6 is 15.9 Å². The fourth-order valence-electron chi connectivity index (χ4n) is 1.71. The average Bonchev–Trinajstić information content (AvgIpc) is 2.34. The highest BCUT2D eigenvalue weighted by Gasteiger charge is 2.23. The molecular formula is C14H18BrNO3. The average molecular weight is 328 g/mol. The van der Waals surface area contributed by atoms with Crippen molar-refractivity contribution in [2.45, 2.75) is 32.7 Å². The summed E-state index contributed by atoms with van der Waals surface area (Å²) in [7, 11) is 0. The number of amides is 1. The number of carbonyl (C=O) groups is 2. The first-order chi connectivity index (χ1) is 8.91. The van der Waals surface area contributed by atoms with Gasteiger partial charge in [-0.25, -0.2) is 4.79 Å². The molecular weight excluding hydrogens is 310 g/mol. The number of benzene rings is 1. The van der Waals surface area contributed by atoms with E-state index in [1.54, 1.807) is 13.8 Å². The third kappa shape index (κ3) is 5.03. The number of hydrogen-bond acceptors (Lipinski definition) is 2. The standard InChI is InChI=1S/C14H18BrNO3/c1-9(2)13(14(18)19)16-12(17)8-7-10-5-3-4-6-11(10)15/h3-6,9,13H,7-8H2,1-2H3,(H,16,17)(H,18,19)/t13-/m1/s1. The monoisotopic (exact) mass is 327 g/mol. The Hall–Kier alpha value is -1.36. The molecule has 0 aliphatic heterocycles. The molecule has 0 aliphatic carbocycles. The van der Waals surface area contributed by atoms with Crippen molar-refractivity contribution >= 4 is 27.8 Å². The Morgan fingerprint density at radius 2 is 1.95 bits per heavy atom. The fourth-order valence-corrected chi connectivity index (χ4v) is 2.19. The first kappa shape index (κ1) is 15.7. The lowest BCUT2D eigenvalue weighted by Gasteiger charge is -2.17. The molecule has 0 radical (unpaired) electrons. The minimum atomic E-state index is -0.996. The van der Waals surface area contributed by atoms with Crippen molar-refractivity contribution in [2.75, 3.05) is 0 Å². The number of carboxylic acids is 1. The van der Waals surface area contributed by atoms with Crippen molar-refractivity contribution in [1.82, 2.24) is 5.32 Å². The van der Waals surface area contributed by atoms with Gasteiger partial charge in [0.15, 0.2) is 0 Å². The van der Waals surface area contributed by atoms with E-state index in [4.69, 9.17) is 5.11 Å². The van der Waals surface area contributed by atoms with E-state index in [0.29, 0.717) is 6.42 Å². The third-order valence-electron chi connectivity index (χ3n) is 2.83. The summed E-state index contributed by atoms with van der Waals surface area (Å²) in [5.74, 6) is -1.37. The van der Waals surface area contributed by atoms with Crippen molar-refractivity contribution in [1.29, 1.82) is 0 Å². The number of hydrogen-bond donors (Lipinski definition) is 2. The van der Waals surface area contributed by atoms with Crippen molar-refractivity contribution in [3.05, 3.63) is 34.3 Å². The van der Waals surface area contributed by atoms with E-state index in [-0.39, 0.29) is 18.2 Å². The van der Waals surface area contributed by atoms with Crippen LogP contribution in [0.2, 0.25) is 0 Å². The highest BCUT2D eigenvalue weighted by atomic mass is 79.9. The van der Waals surface area contributed by atoms with E-state index in [1.807, 2.05) is 24.3 Å². The van der Waals surface area contributed by atoms with E-state index < -0.39 is 12.0 Å².